The molecule has 1 amide bonds. The van der Waals surface area contributed by atoms with Gasteiger partial charge < -0.3 is 15.0 Å². The molecule has 0 aliphatic rings. The van der Waals surface area contributed by atoms with Gasteiger partial charge in [-0.3, -0.25) is 9.59 Å². The van der Waals surface area contributed by atoms with Crippen LogP contribution in [0.15, 0.2) is 29.1 Å². The van der Waals surface area contributed by atoms with E-state index in [9.17, 15) is 14.7 Å². The number of hydrogen-bond acceptors (Lipinski definition) is 3. The second kappa shape index (κ2) is 4.52. The van der Waals surface area contributed by atoms with Crippen LogP contribution in [-0.4, -0.2) is 22.1 Å². The van der Waals surface area contributed by atoms with Gasteiger partial charge in [-0.1, -0.05) is 18.2 Å². The van der Waals surface area contributed by atoms with Crippen LogP contribution in [0, 0.1) is 0 Å². The third kappa shape index (κ3) is 1.73. The molecular formula is C13H14N2O3. The fourth-order valence-electron chi connectivity index (χ4n) is 1.95. The summed E-state index contributed by atoms with van der Waals surface area (Å²) in [5.74, 6) is -0.626. The summed E-state index contributed by atoms with van der Waals surface area (Å²) in [5, 5.41) is 13.5. The van der Waals surface area contributed by atoms with Crippen LogP contribution in [0.1, 0.15) is 17.4 Å². The minimum Gasteiger partial charge on any atom is -0.505 e. The van der Waals surface area contributed by atoms with Crippen molar-refractivity contribution < 1.29 is 9.90 Å². The van der Waals surface area contributed by atoms with Crippen molar-refractivity contribution in [3.8, 4) is 5.75 Å². The predicted molar refractivity (Wildman–Crippen MR) is 68.9 cm³/mol. The van der Waals surface area contributed by atoms with Crippen LogP contribution in [0.2, 0.25) is 0 Å². The average molecular weight is 246 g/mol. The van der Waals surface area contributed by atoms with E-state index in [1.807, 2.05) is 0 Å². The summed E-state index contributed by atoms with van der Waals surface area (Å²) in [5.41, 5.74) is -0.315. The van der Waals surface area contributed by atoms with Gasteiger partial charge in [-0.2, -0.15) is 0 Å². The Morgan fingerprint density at radius 3 is 2.56 bits per heavy atom. The van der Waals surface area contributed by atoms with Crippen LogP contribution in [0.4, 0.5) is 0 Å². The van der Waals surface area contributed by atoms with E-state index in [1.54, 1.807) is 31.2 Å². The van der Waals surface area contributed by atoms with Crippen molar-refractivity contribution in [1.82, 2.24) is 9.88 Å². The molecule has 2 rings (SSSR count). The highest BCUT2D eigenvalue weighted by atomic mass is 16.3. The quantitative estimate of drug-likeness (QED) is 0.830. The number of nitrogens with one attached hydrogen (secondary N) is 1. The number of carbonyl (C=O) groups excluding carboxylic acids is 1. The van der Waals surface area contributed by atoms with Gasteiger partial charge in [0.1, 0.15) is 0 Å². The molecule has 2 N–H and O–H groups in total. The molecule has 1 aromatic carbocycles. The number of fused-ring (bicyclic) bond motifs is 1. The van der Waals surface area contributed by atoms with Crippen LogP contribution in [0.3, 0.4) is 0 Å². The summed E-state index contributed by atoms with van der Waals surface area (Å²) < 4.78 is 1.17. The van der Waals surface area contributed by atoms with E-state index in [-0.39, 0.29) is 17.0 Å². The zero-order valence-electron chi connectivity index (χ0n) is 10.2. The van der Waals surface area contributed by atoms with E-state index in [0.29, 0.717) is 17.3 Å². The van der Waals surface area contributed by atoms with Crippen molar-refractivity contribution in [2.45, 2.75) is 6.92 Å². The Balaban J connectivity index is 2.83. The number of aromatic hydroxyl groups is 1. The monoisotopic (exact) mass is 246 g/mol. The molecule has 18 heavy (non-hydrogen) atoms. The number of carbonyl (C=O) groups is 1. The second-order valence-electron chi connectivity index (χ2n) is 3.97. The van der Waals surface area contributed by atoms with E-state index in [4.69, 9.17) is 0 Å². The van der Waals surface area contributed by atoms with Crippen molar-refractivity contribution in [2.75, 3.05) is 6.54 Å². The molecular weight excluding hydrogens is 232 g/mol. The first-order chi connectivity index (χ1) is 8.57. The Morgan fingerprint density at radius 2 is 1.94 bits per heavy atom. The van der Waals surface area contributed by atoms with Gasteiger partial charge in [-0.15, -0.1) is 0 Å². The number of amides is 1. The first-order valence-corrected chi connectivity index (χ1v) is 5.66. The van der Waals surface area contributed by atoms with Gasteiger partial charge in [0.25, 0.3) is 11.5 Å². The van der Waals surface area contributed by atoms with Gasteiger partial charge in [0.2, 0.25) is 0 Å². The van der Waals surface area contributed by atoms with Gasteiger partial charge >= 0.3 is 0 Å². The average Bonchev–Trinajstić information content (AvgIpc) is 2.37. The smallest absolute Gasteiger partial charge is 0.271 e. The van der Waals surface area contributed by atoms with Gasteiger partial charge in [0.15, 0.2) is 11.4 Å². The normalized spacial score (nSPS) is 10.6. The molecule has 0 aliphatic carbocycles. The van der Waals surface area contributed by atoms with Crippen molar-refractivity contribution in [1.29, 1.82) is 0 Å². The largest absolute Gasteiger partial charge is 0.505 e. The summed E-state index contributed by atoms with van der Waals surface area (Å²) in [6.45, 7) is 2.20. The van der Waals surface area contributed by atoms with Crippen molar-refractivity contribution in [3.05, 3.63) is 40.3 Å². The maximum absolute atomic E-state index is 12.1. The third-order valence-electron chi connectivity index (χ3n) is 2.83. The minimum absolute atomic E-state index is 0.0134. The van der Waals surface area contributed by atoms with Crippen LogP contribution in [0.5, 0.6) is 5.75 Å². The molecule has 0 aliphatic heterocycles. The van der Waals surface area contributed by atoms with Crippen molar-refractivity contribution >= 4 is 16.7 Å². The first kappa shape index (κ1) is 12.2. The maximum atomic E-state index is 12.1. The first-order valence-electron chi connectivity index (χ1n) is 5.66. The summed E-state index contributed by atoms with van der Waals surface area (Å²) in [7, 11) is 1.47. The number of nitrogens with zero attached hydrogens (tertiary/aromatic N) is 1. The van der Waals surface area contributed by atoms with Crippen LogP contribution in [0.25, 0.3) is 10.8 Å². The number of benzene rings is 1. The summed E-state index contributed by atoms with van der Waals surface area (Å²) >= 11 is 0. The number of pyridine rings is 1. The molecule has 5 nitrogen and oxygen atoms in total. The zero-order chi connectivity index (χ0) is 13.3. The Hall–Kier alpha value is -2.30. The molecule has 0 saturated carbocycles. The molecule has 1 heterocycles. The predicted octanol–water partition coefficient (Wildman–Crippen LogP) is 0.994. The lowest BCUT2D eigenvalue weighted by atomic mass is 10.1. The molecule has 0 radical (unpaired) electrons. The molecule has 1 aromatic heterocycles. The fourth-order valence-corrected chi connectivity index (χ4v) is 1.95. The van der Waals surface area contributed by atoms with E-state index >= 15 is 0 Å². The lowest BCUT2D eigenvalue weighted by Gasteiger charge is -2.12. The Kier molecular flexibility index (Phi) is 3.06. The fraction of sp³-hybridized carbons (Fsp3) is 0.231. The highest BCUT2D eigenvalue weighted by Gasteiger charge is 2.19. The highest BCUT2D eigenvalue weighted by Crippen LogP contribution is 2.25. The molecule has 94 valence electrons. The van der Waals surface area contributed by atoms with Crippen LogP contribution < -0.4 is 10.9 Å². The van der Waals surface area contributed by atoms with Gasteiger partial charge in [-0.05, 0) is 13.0 Å². The van der Waals surface area contributed by atoms with E-state index in [1.165, 1.54) is 11.6 Å². The standard InChI is InChI=1S/C13H14N2O3/c1-3-14-12(17)10-11(16)8-6-4-5-7-9(8)13(18)15(10)2/h4-7,16H,3H2,1-2H3,(H,14,17). The minimum atomic E-state index is -0.458. The van der Waals surface area contributed by atoms with E-state index in [0.717, 1.165) is 0 Å². The topological polar surface area (TPSA) is 71.3 Å². The SMILES string of the molecule is CCNC(=O)c1c(O)c2ccccc2c(=O)n1C. The number of aromatic nitrogens is 1. The Bertz CT molecular complexity index is 674. The van der Waals surface area contributed by atoms with Gasteiger partial charge in [0.05, 0.1) is 5.39 Å². The molecule has 0 saturated heterocycles. The van der Waals surface area contributed by atoms with E-state index < -0.39 is 5.91 Å². The molecule has 0 bridgehead atoms. The van der Waals surface area contributed by atoms with Gasteiger partial charge in [-0.25, -0.2) is 0 Å². The second-order valence-corrected chi connectivity index (χ2v) is 3.97. The molecule has 0 spiro atoms. The summed E-state index contributed by atoms with van der Waals surface area (Å²) in [6.07, 6.45) is 0. The number of rotatable bonds is 2. The summed E-state index contributed by atoms with van der Waals surface area (Å²) in [4.78, 5) is 23.9. The zero-order valence-corrected chi connectivity index (χ0v) is 10.2. The summed E-state index contributed by atoms with van der Waals surface area (Å²) in [6, 6.07) is 6.67. The maximum Gasteiger partial charge on any atom is 0.271 e. The Morgan fingerprint density at radius 1 is 1.33 bits per heavy atom. The Labute approximate surface area is 104 Å². The van der Waals surface area contributed by atoms with Crippen LogP contribution in [-0.2, 0) is 7.05 Å². The number of hydrogen-bond donors (Lipinski definition) is 2. The molecule has 0 unspecified atom stereocenters. The van der Waals surface area contributed by atoms with Crippen LogP contribution >= 0.6 is 0 Å². The molecule has 0 atom stereocenters. The van der Waals surface area contributed by atoms with Crippen molar-refractivity contribution in [3.63, 3.8) is 0 Å². The lowest BCUT2D eigenvalue weighted by molar-refractivity contribution is 0.0943. The van der Waals surface area contributed by atoms with Gasteiger partial charge in [0, 0.05) is 19.0 Å². The third-order valence-corrected chi connectivity index (χ3v) is 2.83. The van der Waals surface area contributed by atoms with E-state index in [2.05, 4.69) is 5.32 Å². The molecule has 5 heteroatoms. The molecule has 0 fully saturated rings. The van der Waals surface area contributed by atoms with Crippen molar-refractivity contribution in [2.24, 2.45) is 7.05 Å². The lowest BCUT2D eigenvalue weighted by Crippen LogP contribution is -2.31. The molecule has 2 aromatic rings. The highest BCUT2D eigenvalue weighted by molar-refractivity contribution is 6.01.